The summed E-state index contributed by atoms with van der Waals surface area (Å²) in [5, 5.41) is 8.71. The van der Waals surface area contributed by atoms with Gasteiger partial charge in [-0.1, -0.05) is 12.1 Å². The van der Waals surface area contributed by atoms with Crippen LogP contribution in [0.4, 0.5) is 8.78 Å². The van der Waals surface area contributed by atoms with Gasteiger partial charge >= 0.3 is 6.61 Å². The normalized spacial score (nSPS) is 10.3. The lowest BCUT2D eigenvalue weighted by Crippen LogP contribution is -2.06. The number of rotatable bonds is 6. The number of halogens is 3. The molecular weight excluding hydrogens is 248 g/mol. The van der Waals surface area contributed by atoms with Crippen LogP contribution in [0.5, 0.6) is 5.75 Å². The minimum Gasteiger partial charge on any atom is -0.434 e. The lowest BCUT2D eigenvalue weighted by atomic mass is 10.00. The highest BCUT2D eigenvalue weighted by atomic mass is 35.5. The molecule has 0 heterocycles. The molecule has 0 N–H and O–H groups in total. The first-order valence-electron chi connectivity index (χ1n) is 5.17. The third kappa shape index (κ3) is 4.20. The topological polar surface area (TPSA) is 33.0 Å². The van der Waals surface area contributed by atoms with Crippen LogP contribution in [0.1, 0.15) is 17.5 Å². The number of alkyl halides is 3. The van der Waals surface area contributed by atoms with E-state index in [-0.39, 0.29) is 12.2 Å². The molecule has 0 radical (unpaired) electrons. The largest absolute Gasteiger partial charge is 0.434 e. The number of benzene rings is 1. The predicted molar refractivity (Wildman–Crippen MR) is 61.4 cm³/mol. The van der Waals surface area contributed by atoms with Crippen LogP contribution in [0.15, 0.2) is 18.2 Å². The summed E-state index contributed by atoms with van der Waals surface area (Å²) < 4.78 is 28.8. The molecule has 92 valence electrons. The van der Waals surface area contributed by atoms with Gasteiger partial charge in [0, 0.05) is 11.4 Å². The van der Waals surface area contributed by atoms with Gasteiger partial charge in [0.2, 0.25) is 0 Å². The lowest BCUT2D eigenvalue weighted by Gasteiger charge is -2.12. The highest BCUT2D eigenvalue weighted by Gasteiger charge is 2.12. The monoisotopic (exact) mass is 259 g/mol. The molecule has 0 bridgehead atoms. The second-order valence-electron chi connectivity index (χ2n) is 3.40. The highest BCUT2D eigenvalue weighted by Crippen LogP contribution is 2.25. The molecule has 0 saturated carbocycles. The molecule has 0 aliphatic heterocycles. The Morgan fingerprint density at radius 1 is 1.41 bits per heavy atom. The minimum absolute atomic E-state index is 0.0561. The van der Waals surface area contributed by atoms with Crippen LogP contribution >= 0.6 is 11.6 Å². The summed E-state index contributed by atoms with van der Waals surface area (Å²) in [7, 11) is 0. The molecule has 0 aromatic heterocycles. The summed E-state index contributed by atoms with van der Waals surface area (Å²) in [5.41, 5.74) is 1.37. The molecular formula is C12H12ClF2NO. The molecule has 0 aliphatic carbocycles. The first-order chi connectivity index (χ1) is 8.19. The van der Waals surface area contributed by atoms with E-state index in [1.54, 1.807) is 12.1 Å². The van der Waals surface area contributed by atoms with E-state index in [1.165, 1.54) is 6.07 Å². The predicted octanol–water partition coefficient (Wildman–Crippen LogP) is 3.53. The van der Waals surface area contributed by atoms with E-state index in [0.29, 0.717) is 17.9 Å². The van der Waals surface area contributed by atoms with Gasteiger partial charge in [0.1, 0.15) is 5.75 Å². The Bertz CT molecular complexity index is 404. The fraction of sp³-hybridized carbons (Fsp3) is 0.417. The molecule has 0 fully saturated rings. The van der Waals surface area contributed by atoms with Crippen molar-refractivity contribution in [3.05, 3.63) is 29.3 Å². The average Bonchev–Trinajstić information content (AvgIpc) is 2.29. The SMILES string of the molecule is N#CCc1c(CCCCl)cccc1OC(F)F. The van der Waals surface area contributed by atoms with Gasteiger partial charge in [0.25, 0.3) is 0 Å². The third-order valence-electron chi connectivity index (χ3n) is 2.28. The van der Waals surface area contributed by atoms with Gasteiger partial charge < -0.3 is 4.74 Å². The number of aryl methyl sites for hydroxylation is 1. The van der Waals surface area contributed by atoms with Crippen molar-refractivity contribution in [2.75, 3.05) is 5.88 Å². The molecule has 0 aliphatic rings. The van der Waals surface area contributed by atoms with Gasteiger partial charge in [0.15, 0.2) is 0 Å². The summed E-state index contributed by atoms with van der Waals surface area (Å²) >= 11 is 5.59. The number of ether oxygens (including phenoxy) is 1. The lowest BCUT2D eigenvalue weighted by molar-refractivity contribution is -0.0504. The molecule has 0 spiro atoms. The second kappa shape index (κ2) is 7.08. The van der Waals surface area contributed by atoms with E-state index >= 15 is 0 Å². The van der Waals surface area contributed by atoms with E-state index in [1.807, 2.05) is 6.07 Å². The summed E-state index contributed by atoms with van der Waals surface area (Å²) in [6.45, 7) is -2.88. The van der Waals surface area contributed by atoms with Crippen LogP contribution in [-0.2, 0) is 12.8 Å². The van der Waals surface area contributed by atoms with Crippen molar-refractivity contribution >= 4 is 11.6 Å². The van der Waals surface area contributed by atoms with Crippen LogP contribution in [0, 0.1) is 11.3 Å². The summed E-state index contributed by atoms with van der Waals surface area (Å²) in [4.78, 5) is 0. The molecule has 1 rings (SSSR count). The Balaban J connectivity index is 2.99. The standard InChI is InChI=1S/C12H12ClF2NO/c13-7-2-4-9-3-1-5-11(17-12(14)15)10(9)6-8-16/h1,3,5,12H,2,4,6-7H2. The van der Waals surface area contributed by atoms with Gasteiger partial charge in [-0.05, 0) is 24.5 Å². The number of nitrogens with zero attached hydrogens (tertiary/aromatic N) is 1. The maximum Gasteiger partial charge on any atom is 0.387 e. The van der Waals surface area contributed by atoms with Crippen LogP contribution in [0.3, 0.4) is 0 Å². The molecule has 0 unspecified atom stereocenters. The van der Waals surface area contributed by atoms with Crippen molar-refractivity contribution in [2.24, 2.45) is 0 Å². The first-order valence-corrected chi connectivity index (χ1v) is 5.71. The van der Waals surface area contributed by atoms with Crippen LogP contribution in [-0.4, -0.2) is 12.5 Å². The van der Waals surface area contributed by atoms with E-state index < -0.39 is 6.61 Å². The summed E-state index contributed by atoms with van der Waals surface area (Å²) in [6, 6.07) is 6.85. The fourth-order valence-corrected chi connectivity index (χ4v) is 1.72. The molecule has 5 heteroatoms. The Morgan fingerprint density at radius 3 is 2.76 bits per heavy atom. The van der Waals surface area contributed by atoms with Crippen molar-refractivity contribution in [1.82, 2.24) is 0 Å². The van der Waals surface area contributed by atoms with Crippen molar-refractivity contribution < 1.29 is 13.5 Å². The average molecular weight is 260 g/mol. The maximum absolute atomic E-state index is 12.2. The summed E-state index contributed by atoms with van der Waals surface area (Å²) in [5.74, 6) is 0.569. The highest BCUT2D eigenvalue weighted by molar-refractivity contribution is 6.17. The number of hydrogen-bond donors (Lipinski definition) is 0. The zero-order valence-corrected chi connectivity index (χ0v) is 9.88. The number of nitriles is 1. The zero-order valence-electron chi connectivity index (χ0n) is 9.13. The van der Waals surface area contributed by atoms with E-state index in [2.05, 4.69) is 4.74 Å². The van der Waals surface area contributed by atoms with Gasteiger partial charge in [0.05, 0.1) is 12.5 Å². The van der Waals surface area contributed by atoms with Gasteiger partial charge in [-0.15, -0.1) is 11.6 Å². The Morgan fingerprint density at radius 2 is 2.18 bits per heavy atom. The molecule has 2 nitrogen and oxygen atoms in total. The molecule has 0 saturated heterocycles. The van der Waals surface area contributed by atoms with Crippen LogP contribution in [0.25, 0.3) is 0 Å². The van der Waals surface area contributed by atoms with E-state index in [4.69, 9.17) is 16.9 Å². The van der Waals surface area contributed by atoms with Crippen molar-refractivity contribution in [2.45, 2.75) is 25.9 Å². The van der Waals surface area contributed by atoms with Gasteiger partial charge in [-0.3, -0.25) is 0 Å². The Labute approximate surface area is 104 Å². The maximum atomic E-state index is 12.2. The fourth-order valence-electron chi connectivity index (χ4n) is 1.59. The van der Waals surface area contributed by atoms with E-state index in [0.717, 1.165) is 12.0 Å². The van der Waals surface area contributed by atoms with Crippen molar-refractivity contribution in [3.8, 4) is 11.8 Å². The smallest absolute Gasteiger partial charge is 0.387 e. The number of hydrogen-bond acceptors (Lipinski definition) is 2. The van der Waals surface area contributed by atoms with Crippen molar-refractivity contribution in [1.29, 1.82) is 5.26 Å². The molecule has 1 aromatic rings. The Kier molecular flexibility index (Phi) is 5.71. The van der Waals surface area contributed by atoms with E-state index in [9.17, 15) is 8.78 Å². The summed E-state index contributed by atoms with van der Waals surface area (Å²) in [6.07, 6.45) is 1.44. The van der Waals surface area contributed by atoms with Gasteiger partial charge in [-0.25, -0.2) is 0 Å². The van der Waals surface area contributed by atoms with Gasteiger partial charge in [-0.2, -0.15) is 14.0 Å². The van der Waals surface area contributed by atoms with Crippen molar-refractivity contribution in [3.63, 3.8) is 0 Å². The third-order valence-corrected chi connectivity index (χ3v) is 2.55. The first kappa shape index (κ1) is 13.7. The molecule has 0 amide bonds. The second-order valence-corrected chi connectivity index (χ2v) is 3.78. The zero-order chi connectivity index (χ0) is 12.7. The molecule has 17 heavy (non-hydrogen) atoms. The Hall–Kier alpha value is -1.34. The quantitative estimate of drug-likeness (QED) is 0.732. The molecule has 1 aromatic carbocycles. The minimum atomic E-state index is -2.88. The molecule has 0 atom stereocenters. The van der Waals surface area contributed by atoms with Crippen LogP contribution in [0.2, 0.25) is 0 Å². The van der Waals surface area contributed by atoms with Crippen LogP contribution < -0.4 is 4.74 Å².